The van der Waals surface area contributed by atoms with Crippen molar-refractivity contribution in [3.63, 3.8) is 0 Å². The summed E-state index contributed by atoms with van der Waals surface area (Å²) in [4.78, 5) is 12.7. The molecular formula is C21H18Cl2N2O4S. The second-order valence-corrected chi connectivity index (χ2v) is 8.91. The number of rotatable bonds is 6. The van der Waals surface area contributed by atoms with Crippen molar-refractivity contribution in [2.45, 2.75) is 11.8 Å². The highest BCUT2D eigenvalue weighted by molar-refractivity contribution is 7.92. The van der Waals surface area contributed by atoms with Gasteiger partial charge in [0.2, 0.25) is 0 Å². The number of methoxy groups -OCH3 is 1. The quantitative estimate of drug-likeness (QED) is 0.513. The van der Waals surface area contributed by atoms with E-state index in [1.54, 1.807) is 30.3 Å². The number of anilines is 2. The molecule has 6 nitrogen and oxygen atoms in total. The number of hydrogen-bond donors (Lipinski definition) is 2. The van der Waals surface area contributed by atoms with Gasteiger partial charge in [0.25, 0.3) is 15.9 Å². The zero-order valence-electron chi connectivity index (χ0n) is 16.1. The highest BCUT2D eigenvalue weighted by Gasteiger charge is 2.17. The summed E-state index contributed by atoms with van der Waals surface area (Å²) < 4.78 is 32.6. The standard InChI is InChI=1S/C21H18Cl2N2O4S/c1-13-3-7-16(8-4-13)30(27,28)25-15-5-9-17(18(22)12-15)21(26)24-14-6-10-20(29-2)19(23)11-14/h3-12,25H,1-2H3,(H,24,26). The first-order valence-electron chi connectivity index (χ1n) is 8.73. The lowest BCUT2D eigenvalue weighted by Gasteiger charge is -2.12. The van der Waals surface area contributed by atoms with E-state index in [0.717, 1.165) is 5.56 Å². The fourth-order valence-corrected chi connectivity index (χ4v) is 4.21. The predicted octanol–water partition coefficient (Wildman–Crippen LogP) is 5.36. The first-order chi connectivity index (χ1) is 14.2. The van der Waals surface area contributed by atoms with Crippen LogP contribution < -0.4 is 14.8 Å². The topological polar surface area (TPSA) is 84.5 Å². The van der Waals surface area contributed by atoms with Gasteiger partial charge in [-0.05, 0) is 55.5 Å². The van der Waals surface area contributed by atoms with Gasteiger partial charge in [-0.15, -0.1) is 0 Å². The average Bonchev–Trinajstić information content (AvgIpc) is 2.68. The number of benzene rings is 3. The largest absolute Gasteiger partial charge is 0.495 e. The molecule has 30 heavy (non-hydrogen) atoms. The number of carbonyl (C=O) groups is 1. The van der Waals surface area contributed by atoms with Crippen LogP contribution in [0.3, 0.4) is 0 Å². The fourth-order valence-electron chi connectivity index (χ4n) is 2.64. The minimum atomic E-state index is -3.78. The SMILES string of the molecule is COc1ccc(NC(=O)c2ccc(NS(=O)(=O)c3ccc(C)cc3)cc2Cl)cc1Cl. The van der Waals surface area contributed by atoms with Crippen molar-refractivity contribution in [2.24, 2.45) is 0 Å². The van der Waals surface area contributed by atoms with Gasteiger partial charge in [0.15, 0.2) is 0 Å². The number of sulfonamides is 1. The Kier molecular flexibility index (Phi) is 6.55. The Morgan fingerprint density at radius 3 is 2.13 bits per heavy atom. The molecule has 0 radical (unpaired) electrons. The number of hydrogen-bond acceptors (Lipinski definition) is 4. The van der Waals surface area contributed by atoms with E-state index in [1.807, 2.05) is 6.92 Å². The van der Waals surface area contributed by atoms with Gasteiger partial charge >= 0.3 is 0 Å². The van der Waals surface area contributed by atoms with Crippen molar-refractivity contribution in [3.8, 4) is 5.75 Å². The van der Waals surface area contributed by atoms with Gasteiger partial charge < -0.3 is 10.1 Å². The lowest BCUT2D eigenvalue weighted by Crippen LogP contribution is -2.15. The van der Waals surface area contributed by atoms with Crippen molar-refractivity contribution in [2.75, 3.05) is 17.1 Å². The van der Waals surface area contributed by atoms with Gasteiger partial charge in [-0.1, -0.05) is 40.9 Å². The number of carbonyl (C=O) groups excluding carboxylic acids is 1. The highest BCUT2D eigenvalue weighted by atomic mass is 35.5. The maximum Gasteiger partial charge on any atom is 0.261 e. The van der Waals surface area contributed by atoms with Gasteiger partial charge in [0.05, 0.1) is 33.3 Å². The highest BCUT2D eigenvalue weighted by Crippen LogP contribution is 2.28. The minimum Gasteiger partial charge on any atom is -0.495 e. The molecule has 0 saturated heterocycles. The maximum atomic E-state index is 12.5. The Balaban J connectivity index is 1.77. The molecule has 0 aromatic heterocycles. The van der Waals surface area contributed by atoms with Gasteiger partial charge in [0, 0.05) is 5.69 Å². The molecule has 3 rings (SSSR count). The Bertz CT molecular complexity index is 1200. The van der Waals surface area contributed by atoms with E-state index < -0.39 is 15.9 Å². The van der Waals surface area contributed by atoms with Gasteiger partial charge in [-0.2, -0.15) is 0 Å². The third kappa shape index (κ3) is 5.05. The van der Waals surface area contributed by atoms with E-state index in [0.29, 0.717) is 16.5 Å². The summed E-state index contributed by atoms with van der Waals surface area (Å²) in [7, 11) is -2.28. The van der Waals surface area contributed by atoms with Crippen LogP contribution in [-0.4, -0.2) is 21.4 Å². The Morgan fingerprint density at radius 1 is 0.900 bits per heavy atom. The molecule has 0 heterocycles. The van der Waals surface area contributed by atoms with Crippen molar-refractivity contribution < 1.29 is 17.9 Å². The van der Waals surface area contributed by atoms with Crippen LogP contribution in [0, 0.1) is 6.92 Å². The van der Waals surface area contributed by atoms with E-state index >= 15 is 0 Å². The molecule has 0 spiro atoms. The van der Waals surface area contributed by atoms with Crippen LogP contribution in [0.2, 0.25) is 10.0 Å². The van der Waals surface area contributed by atoms with Crippen LogP contribution in [0.1, 0.15) is 15.9 Å². The van der Waals surface area contributed by atoms with Crippen molar-refractivity contribution in [1.29, 1.82) is 0 Å². The molecule has 0 fully saturated rings. The van der Waals surface area contributed by atoms with E-state index in [-0.39, 0.29) is 21.2 Å². The van der Waals surface area contributed by atoms with Crippen LogP contribution >= 0.6 is 23.2 Å². The molecule has 156 valence electrons. The second kappa shape index (κ2) is 8.95. The normalized spacial score (nSPS) is 11.1. The van der Waals surface area contributed by atoms with Gasteiger partial charge in [-0.3, -0.25) is 9.52 Å². The minimum absolute atomic E-state index is 0.0937. The molecule has 3 aromatic rings. The van der Waals surface area contributed by atoms with Crippen molar-refractivity contribution >= 4 is 50.5 Å². The molecule has 0 aliphatic carbocycles. The molecule has 0 aliphatic rings. The van der Waals surface area contributed by atoms with Crippen molar-refractivity contribution in [1.82, 2.24) is 0 Å². The molecule has 1 amide bonds. The predicted molar refractivity (Wildman–Crippen MR) is 119 cm³/mol. The lowest BCUT2D eigenvalue weighted by molar-refractivity contribution is 0.102. The Morgan fingerprint density at radius 2 is 1.53 bits per heavy atom. The third-order valence-corrected chi connectivity index (χ3v) is 6.21. The summed E-state index contributed by atoms with van der Waals surface area (Å²) in [5.74, 6) is 0.0205. The monoisotopic (exact) mass is 464 g/mol. The number of aryl methyl sites for hydroxylation is 1. The molecule has 2 N–H and O–H groups in total. The molecule has 0 aliphatic heterocycles. The molecule has 0 bridgehead atoms. The molecular weight excluding hydrogens is 447 g/mol. The van der Waals surface area contributed by atoms with Crippen LogP contribution in [0.25, 0.3) is 0 Å². The molecule has 0 saturated carbocycles. The zero-order valence-corrected chi connectivity index (χ0v) is 18.4. The summed E-state index contributed by atoms with van der Waals surface area (Å²) in [6, 6.07) is 15.6. The number of ether oxygens (including phenoxy) is 1. The summed E-state index contributed by atoms with van der Waals surface area (Å²) >= 11 is 12.3. The Hall–Kier alpha value is -2.74. The number of halogens is 2. The summed E-state index contributed by atoms with van der Waals surface area (Å²) in [6.07, 6.45) is 0. The van der Waals surface area contributed by atoms with Gasteiger partial charge in [0.1, 0.15) is 5.75 Å². The smallest absolute Gasteiger partial charge is 0.261 e. The molecule has 0 unspecified atom stereocenters. The fraction of sp³-hybridized carbons (Fsp3) is 0.0952. The third-order valence-electron chi connectivity index (χ3n) is 4.21. The van der Waals surface area contributed by atoms with Crippen LogP contribution in [-0.2, 0) is 10.0 Å². The van der Waals surface area contributed by atoms with Crippen LogP contribution in [0.15, 0.2) is 65.6 Å². The second-order valence-electron chi connectivity index (χ2n) is 6.42. The molecule has 0 atom stereocenters. The maximum absolute atomic E-state index is 12.5. The van der Waals surface area contributed by atoms with E-state index in [4.69, 9.17) is 27.9 Å². The van der Waals surface area contributed by atoms with E-state index in [9.17, 15) is 13.2 Å². The summed E-state index contributed by atoms with van der Waals surface area (Å²) in [6.45, 7) is 1.87. The van der Waals surface area contributed by atoms with Crippen LogP contribution in [0.4, 0.5) is 11.4 Å². The van der Waals surface area contributed by atoms with Crippen molar-refractivity contribution in [3.05, 3.63) is 81.8 Å². The molecule has 3 aromatic carbocycles. The zero-order chi connectivity index (χ0) is 21.9. The lowest BCUT2D eigenvalue weighted by atomic mass is 10.2. The van der Waals surface area contributed by atoms with Crippen LogP contribution in [0.5, 0.6) is 5.75 Å². The molecule has 9 heteroatoms. The summed E-state index contributed by atoms with van der Waals surface area (Å²) in [5, 5.41) is 3.13. The first-order valence-corrected chi connectivity index (χ1v) is 11.0. The number of nitrogens with one attached hydrogen (secondary N) is 2. The van der Waals surface area contributed by atoms with E-state index in [2.05, 4.69) is 10.0 Å². The average molecular weight is 465 g/mol. The summed E-state index contributed by atoms with van der Waals surface area (Å²) in [5.41, 5.74) is 1.84. The Labute approximate surface area is 184 Å². The first kappa shape index (κ1) is 22.0. The number of amides is 1. The van der Waals surface area contributed by atoms with Gasteiger partial charge in [-0.25, -0.2) is 8.42 Å². The van der Waals surface area contributed by atoms with E-state index in [1.165, 1.54) is 37.4 Å².